The molecule has 0 spiro atoms. The molecule has 0 bridgehead atoms. The molecular weight excluding hydrogens is 428 g/mol. The monoisotopic (exact) mass is 446 g/mol. The third kappa shape index (κ3) is 5.33. The molecule has 0 fully saturated rings. The number of amides is 1. The molecule has 0 saturated heterocycles. The van der Waals surface area contributed by atoms with E-state index in [4.69, 9.17) is 16.3 Å². The summed E-state index contributed by atoms with van der Waals surface area (Å²) in [7, 11) is 0. The molecule has 0 unspecified atom stereocenters. The number of phenolic OH excluding ortho intramolecular Hbond substituents is 1. The van der Waals surface area contributed by atoms with Gasteiger partial charge in [-0.2, -0.15) is 10.2 Å². The van der Waals surface area contributed by atoms with Gasteiger partial charge in [0.05, 0.1) is 11.9 Å². The van der Waals surface area contributed by atoms with Gasteiger partial charge in [0, 0.05) is 16.1 Å². The first-order valence-electron chi connectivity index (χ1n) is 9.73. The van der Waals surface area contributed by atoms with Crippen molar-refractivity contribution in [3.8, 4) is 22.8 Å². The van der Waals surface area contributed by atoms with Gasteiger partial charge in [0.25, 0.3) is 5.91 Å². The number of aromatic nitrogens is 2. The Kier molecular flexibility index (Phi) is 6.48. The van der Waals surface area contributed by atoms with E-state index in [2.05, 4.69) is 20.7 Å². The van der Waals surface area contributed by atoms with Gasteiger partial charge in [-0.15, -0.1) is 0 Å². The molecule has 8 heteroatoms. The number of hydrogen-bond acceptors (Lipinski definition) is 5. The molecule has 1 amide bonds. The lowest BCUT2D eigenvalue weighted by Crippen LogP contribution is -2.17. The lowest BCUT2D eigenvalue weighted by Gasteiger charge is -2.08. The molecule has 0 atom stereocenters. The molecule has 4 aromatic rings. The summed E-state index contributed by atoms with van der Waals surface area (Å²) < 4.78 is 5.79. The Morgan fingerprint density at radius 3 is 2.69 bits per heavy atom. The Morgan fingerprint density at radius 2 is 1.91 bits per heavy atom. The van der Waals surface area contributed by atoms with Crippen LogP contribution in [-0.4, -0.2) is 27.4 Å². The number of ether oxygens (including phenoxy) is 1. The molecular formula is C24H19ClN4O3. The van der Waals surface area contributed by atoms with Crippen LogP contribution in [0.3, 0.4) is 0 Å². The number of benzene rings is 3. The molecule has 3 N–H and O–H groups in total. The number of carbonyl (C=O) groups is 1. The summed E-state index contributed by atoms with van der Waals surface area (Å²) in [5.74, 6) is 0.391. The van der Waals surface area contributed by atoms with Crippen LogP contribution in [0.2, 0.25) is 5.02 Å². The second-order valence-electron chi connectivity index (χ2n) is 6.87. The molecule has 0 radical (unpaired) electrons. The summed E-state index contributed by atoms with van der Waals surface area (Å²) in [6.45, 7) is 0.370. The molecule has 4 rings (SSSR count). The zero-order chi connectivity index (χ0) is 22.3. The number of H-pyrrole nitrogens is 1. The largest absolute Gasteiger partial charge is 0.508 e. The van der Waals surface area contributed by atoms with E-state index in [0.717, 1.165) is 11.1 Å². The standard InChI is InChI=1S/C24H19ClN4O3/c25-21-7-2-1-5-18(21)15-32-20-10-8-17(9-11-20)22-13-23(28-27-22)24(31)29-26-14-16-4-3-6-19(30)12-16/h1-14,30H,15H2,(H,27,28)(H,29,31)/b26-14-. The number of hydrogen-bond donors (Lipinski definition) is 3. The van der Waals surface area contributed by atoms with E-state index in [-0.39, 0.29) is 11.4 Å². The highest BCUT2D eigenvalue weighted by Gasteiger charge is 2.11. The first kappa shape index (κ1) is 21.1. The minimum atomic E-state index is -0.431. The van der Waals surface area contributed by atoms with Crippen LogP contribution in [0.15, 0.2) is 84.0 Å². The summed E-state index contributed by atoms with van der Waals surface area (Å²) in [5, 5.41) is 20.9. The highest BCUT2D eigenvalue weighted by molar-refractivity contribution is 6.31. The third-order valence-electron chi connectivity index (χ3n) is 4.57. The van der Waals surface area contributed by atoms with Crippen LogP contribution in [0.4, 0.5) is 0 Å². The highest BCUT2D eigenvalue weighted by atomic mass is 35.5. The number of nitrogens with one attached hydrogen (secondary N) is 2. The van der Waals surface area contributed by atoms with Crippen molar-refractivity contribution in [2.75, 3.05) is 0 Å². The number of hydrazone groups is 1. The van der Waals surface area contributed by atoms with E-state index in [1.165, 1.54) is 12.3 Å². The van der Waals surface area contributed by atoms with Gasteiger partial charge in [-0.25, -0.2) is 5.43 Å². The number of aromatic hydroxyl groups is 1. The molecule has 0 aliphatic carbocycles. The van der Waals surface area contributed by atoms with Crippen molar-refractivity contribution in [3.63, 3.8) is 0 Å². The van der Waals surface area contributed by atoms with Gasteiger partial charge in [-0.05, 0) is 54.1 Å². The average molecular weight is 447 g/mol. The molecule has 0 aliphatic heterocycles. The maximum absolute atomic E-state index is 12.3. The van der Waals surface area contributed by atoms with E-state index < -0.39 is 5.91 Å². The van der Waals surface area contributed by atoms with E-state index in [1.54, 1.807) is 24.3 Å². The topological polar surface area (TPSA) is 99.6 Å². The van der Waals surface area contributed by atoms with Gasteiger partial charge in [0.15, 0.2) is 0 Å². The van der Waals surface area contributed by atoms with Gasteiger partial charge in [-0.1, -0.05) is 41.9 Å². The van der Waals surface area contributed by atoms with Crippen LogP contribution < -0.4 is 10.2 Å². The quantitative estimate of drug-likeness (QED) is 0.281. The Balaban J connectivity index is 1.35. The lowest BCUT2D eigenvalue weighted by atomic mass is 10.1. The minimum absolute atomic E-state index is 0.124. The number of rotatable bonds is 7. The zero-order valence-corrected chi connectivity index (χ0v) is 17.6. The van der Waals surface area contributed by atoms with Gasteiger partial charge in [-0.3, -0.25) is 9.89 Å². The maximum Gasteiger partial charge on any atom is 0.289 e. The van der Waals surface area contributed by atoms with Crippen LogP contribution in [0.1, 0.15) is 21.6 Å². The number of nitrogens with zero attached hydrogens (tertiary/aromatic N) is 2. The van der Waals surface area contributed by atoms with Gasteiger partial charge < -0.3 is 9.84 Å². The third-order valence-corrected chi connectivity index (χ3v) is 4.94. The smallest absolute Gasteiger partial charge is 0.289 e. The molecule has 7 nitrogen and oxygen atoms in total. The highest BCUT2D eigenvalue weighted by Crippen LogP contribution is 2.23. The van der Waals surface area contributed by atoms with Crippen molar-refractivity contribution in [1.29, 1.82) is 0 Å². The van der Waals surface area contributed by atoms with E-state index in [9.17, 15) is 9.90 Å². The second-order valence-corrected chi connectivity index (χ2v) is 7.27. The molecule has 0 aliphatic rings. The Bertz CT molecular complexity index is 1250. The van der Waals surface area contributed by atoms with Crippen LogP contribution >= 0.6 is 11.6 Å². The molecule has 1 heterocycles. The predicted molar refractivity (Wildman–Crippen MR) is 123 cm³/mol. The van der Waals surface area contributed by atoms with Gasteiger partial charge in [0.1, 0.15) is 23.8 Å². The molecule has 1 aromatic heterocycles. The fourth-order valence-corrected chi connectivity index (χ4v) is 3.11. The molecule has 32 heavy (non-hydrogen) atoms. The SMILES string of the molecule is O=C(N/N=C\c1cccc(O)c1)c1cc(-c2ccc(OCc3ccccc3Cl)cc2)n[nH]1. The number of phenols is 1. The van der Waals surface area contributed by atoms with E-state index in [1.807, 2.05) is 48.5 Å². The van der Waals surface area contributed by atoms with Crippen molar-refractivity contribution in [1.82, 2.24) is 15.6 Å². The fraction of sp³-hybridized carbons (Fsp3) is 0.0417. The Morgan fingerprint density at radius 1 is 1.09 bits per heavy atom. The fourth-order valence-electron chi connectivity index (χ4n) is 2.92. The first-order chi connectivity index (χ1) is 15.6. The normalized spacial score (nSPS) is 10.9. The number of carbonyl (C=O) groups excluding carboxylic acids is 1. The zero-order valence-electron chi connectivity index (χ0n) is 16.8. The number of aromatic amines is 1. The Labute approximate surface area is 189 Å². The van der Waals surface area contributed by atoms with Crippen molar-refractivity contribution in [2.45, 2.75) is 6.61 Å². The van der Waals surface area contributed by atoms with Crippen LogP contribution in [0.5, 0.6) is 11.5 Å². The summed E-state index contributed by atoms with van der Waals surface area (Å²) >= 11 is 6.15. The number of halogens is 1. The van der Waals surface area contributed by atoms with Crippen molar-refractivity contribution in [3.05, 3.63) is 101 Å². The predicted octanol–water partition coefficient (Wildman–Crippen LogP) is 4.78. The van der Waals surface area contributed by atoms with E-state index in [0.29, 0.717) is 28.6 Å². The van der Waals surface area contributed by atoms with E-state index >= 15 is 0 Å². The molecule has 0 saturated carbocycles. The summed E-state index contributed by atoms with van der Waals surface area (Å²) in [5.41, 5.74) is 5.71. The maximum atomic E-state index is 12.3. The van der Waals surface area contributed by atoms with Crippen LogP contribution in [-0.2, 0) is 6.61 Å². The van der Waals surface area contributed by atoms with Gasteiger partial charge >= 0.3 is 0 Å². The molecule has 3 aromatic carbocycles. The first-order valence-corrected chi connectivity index (χ1v) is 10.1. The Hall–Kier alpha value is -4.10. The van der Waals surface area contributed by atoms with Gasteiger partial charge in [0.2, 0.25) is 0 Å². The minimum Gasteiger partial charge on any atom is -0.508 e. The van der Waals surface area contributed by atoms with Crippen LogP contribution in [0.25, 0.3) is 11.3 Å². The van der Waals surface area contributed by atoms with Crippen molar-refractivity contribution < 1.29 is 14.6 Å². The lowest BCUT2D eigenvalue weighted by molar-refractivity contribution is 0.0950. The van der Waals surface area contributed by atoms with Crippen LogP contribution in [0, 0.1) is 0 Å². The summed E-state index contributed by atoms with van der Waals surface area (Å²) in [6, 6.07) is 23.1. The summed E-state index contributed by atoms with van der Waals surface area (Å²) in [6.07, 6.45) is 1.44. The van der Waals surface area contributed by atoms with Crippen molar-refractivity contribution in [2.24, 2.45) is 5.10 Å². The summed E-state index contributed by atoms with van der Waals surface area (Å²) in [4.78, 5) is 12.3. The second kappa shape index (κ2) is 9.80. The van der Waals surface area contributed by atoms with Crippen molar-refractivity contribution >= 4 is 23.7 Å². The average Bonchev–Trinajstić information content (AvgIpc) is 3.29. The molecule has 160 valence electrons.